The van der Waals surface area contributed by atoms with Gasteiger partial charge in [0, 0.05) is 17.6 Å². The van der Waals surface area contributed by atoms with Gasteiger partial charge in [-0.25, -0.2) is 0 Å². The summed E-state index contributed by atoms with van der Waals surface area (Å²) in [6.45, 7) is 7.64. The van der Waals surface area contributed by atoms with Crippen LogP contribution in [0.5, 0.6) is 0 Å². The minimum atomic E-state index is -0.343. The quantitative estimate of drug-likeness (QED) is 0.633. The van der Waals surface area contributed by atoms with Crippen LogP contribution in [0.15, 0.2) is 52.8 Å². The van der Waals surface area contributed by atoms with E-state index in [0.29, 0.717) is 22.3 Å². The molecular formula is C17H18ClN3O2S. The van der Waals surface area contributed by atoms with Crippen LogP contribution in [0.2, 0.25) is 5.02 Å². The molecule has 1 aromatic carbocycles. The molecule has 0 aliphatic carbocycles. The number of hydrogen-bond acceptors (Lipinski definition) is 4. The molecule has 7 heteroatoms. The number of rotatable bonds is 6. The first-order valence-electron chi connectivity index (χ1n) is 7.34. The number of carbonyl (C=O) groups excluding carboxylic acids is 1. The summed E-state index contributed by atoms with van der Waals surface area (Å²) in [5.74, 6) is -0.113. The van der Waals surface area contributed by atoms with Gasteiger partial charge in [0.05, 0.1) is 10.9 Å². The average Bonchev–Trinajstić information content (AvgIpc) is 2.56. The van der Waals surface area contributed by atoms with Crippen LogP contribution in [0.4, 0.5) is 0 Å². The van der Waals surface area contributed by atoms with E-state index in [1.807, 2.05) is 13.0 Å². The summed E-state index contributed by atoms with van der Waals surface area (Å²) < 4.78 is 1.28. The lowest BCUT2D eigenvalue weighted by Gasteiger charge is -2.12. The van der Waals surface area contributed by atoms with Gasteiger partial charge in [-0.15, -0.1) is 6.58 Å². The van der Waals surface area contributed by atoms with E-state index in [9.17, 15) is 9.59 Å². The maximum Gasteiger partial charge on any atom is 0.271 e. The van der Waals surface area contributed by atoms with Gasteiger partial charge in [0.15, 0.2) is 0 Å². The molecule has 0 saturated carbocycles. The lowest BCUT2D eigenvalue weighted by Crippen LogP contribution is -2.31. The summed E-state index contributed by atoms with van der Waals surface area (Å²) in [4.78, 5) is 24.0. The second kappa shape index (κ2) is 8.17. The summed E-state index contributed by atoms with van der Waals surface area (Å²) in [6.07, 6.45) is 1.62. The summed E-state index contributed by atoms with van der Waals surface area (Å²) in [6, 6.07) is 8.34. The number of carbonyl (C=O) groups is 1. The maximum atomic E-state index is 12.1. The SMILES string of the molecule is C=CCNC(=O)[C@@H](C)Sc1ccc(=O)n(-c2ccc(C)c(Cl)c2)n1. The Morgan fingerprint density at radius 1 is 1.46 bits per heavy atom. The van der Waals surface area contributed by atoms with E-state index in [1.165, 1.54) is 22.5 Å². The lowest BCUT2D eigenvalue weighted by molar-refractivity contribution is -0.120. The molecular weight excluding hydrogens is 346 g/mol. The highest BCUT2D eigenvalue weighted by Crippen LogP contribution is 2.22. The van der Waals surface area contributed by atoms with E-state index >= 15 is 0 Å². The first kappa shape index (κ1) is 18.3. The molecule has 1 aromatic heterocycles. The number of hydrogen-bond donors (Lipinski definition) is 1. The fourth-order valence-electron chi connectivity index (χ4n) is 1.91. The number of halogens is 1. The summed E-state index contributed by atoms with van der Waals surface area (Å²) >= 11 is 7.40. The normalized spacial score (nSPS) is 11.8. The Kier molecular flexibility index (Phi) is 6.23. The van der Waals surface area contributed by atoms with Crippen LogP contribution in [-0.2, 0) is 4.79 Å². The van der Waals surface area contributed by atoms with Crippen molar-refractivity contribution in [3.63, 3.8) is 0 Å². The van der Waals surface area contributed by atoms with Crippen LogP contribution in [0.3, 0.4) is 0 Å². The van der Waals surface area contributed by atoms with Crippen LogP contribution < -0.4 is 10.9 Å². The topological polar surface area (TPSA) is 64.0 Å². The van der Waals surface area contributed by atoms with Gasteiger partial charge in [-0.1, -0.05) is 35.5 Å². The zero-order valence-electron chi connectivity index (χ0n) is 13.5. The Bertz CT molecular complexity index is 820. The van der Waals surface area contributed by atoms with E-state index in [2.05, 4.69) is 17.0 Å². The smallest absolute Gasteiger partial charge is 0.271 e. The van der Waals surface area contributed by atoms with Gasteiger partial charge < -0.3 is 5.32 Å². The molecule has 126 valence electrons. The number of amides is 1. The van der Waals surface area contributed by atoms with Crippen LogP contribution in [0, 0.1) is 6.92 Å². The maximum absolute atomic E-state index is 12.1. The Balaban J connectivity index is 2.25. The molecule has 1 amide bonds. The van der Waals surface area contributed by atoms with Crippen molar-refractivity contribution in [2.75, 3.05) is 6.54 Å². The minimum absolute atomic E-state index is 0.113. The Morgan fingerprint density at radius 2 is 2.21 bits per heavy atom. The molecule has 2 aromatic rings. The van der Waals surface area contributed by atoms with E-state index in [1.54, 1.807) is 31.2 Å². The van der Waals surface area contributed by atoms with E-state index in [0.717, 1.165) is 5.56 Å². The van der Waals surface area contributed by atoms with Crippen molar-refractivity contribution in [2.45, 2.75) is 24.1 Å². The standard InChI is InChI=1S/C17H18ClN3O2S/c1-4-9-19-17(23)12(3)24-15-7-8-16(22)21(20-15)13-6-5-11(2)14(18)10-13/h4-8,10,12H,1,9H2,2-3H3,(H,19,23)/t12-/m1/s1. The molecule has 0 fully saturated rings. The van der Waals surface area contributed by atoms with Gasteiger partial charge in [-0.05, 0) is 37.6 Å². The third-order valence-corrected chi connectivity index (χ3v) is 4.70. The van der Waals surface area contributed by atoms with Crippen LogP contribution >= 0.6 is 23.4 Å². The molecule has 0 bridgehead atoms. The first-order chi connectivity index (χ1) is 11.4. The van der Waals surface area contributed by atoms with Gasteiger partial charge in [0.25, 0.3) is 5.56 Å². The molecule has 0 aliphatic rings. The first-order valence-corrected chi connectivity index (χ1v) is 8.60. The molecule has 0 unspecified atom stereocenters. The van der Waals surface area contributed by atoms with Gasteiger partial charge in [-0.3, -0.25) is 9.59 Å². The fourth-order valence-corrected chi connectivity index (χ4v) is 2.91. The number of nitrogens with zero attached hydrogens (tertiary/aromatic N) is 2. The van der Waals surface area contributed by atoms with Crippen molar-refractivity contribution >= 4 is 29.3 Å². The molecule has 1 heterocycles. The molecule has 5 nitrogen and oxygen atoms in total. The van der Waals surface area contributed by atoms with Crippen LogP contribution in [0.25, 0.3) is 5.69 Å². The molecule has 1 N–H and O–H groups in total. The van der Waals surface area contributed by atoms with Crippen molar-refractivity contribution < 1.29 is 4.79 Å². The van der Waals surface area contributed by atoms with Crippen LogP contribution in [-0.4, -0.2) is 27.5 Å². The number of benzene rings is 1. The zero-order valence-corrected chi connectivity index (χ0v) is 15.0. The van der Waals surface area contributed by atoms with Gasteiger partial charge in [-0.2, -0.15) is 9.78 Å². The zero-order chi connectivity index (χ0) is 17.7. The molecule has 1 atom stereocenters. The van der Waals surface area contributed by atoms with Gasteiger partial charge >= 0.3 is 0 Å². The largest absolute Gasteiger partial charge is 0.352 e. The minimum Gasteiger partial charge on any atom is -0.352 e. The highest BCUT2D eigenvalue weighted by Gasteiger charge is 2.15. The Morgan fingerprint density at radius 3 is 2.88 bits per heavy atom. The van der Waals surface area contributed by atoms with Crippen molar-refractivity contribution in [1.82, 2.24) is 15.1 Å². The van der Waals surface area contributed by atoms with E-state index in [4.69, 9.17) is 11.6 Å². The van der Waals surface area contributed by atoms with Crippen LogP contribution in [0.1, 0.15) is 12.5 Å². The molecule has 0 saturated heterocycles. The Labute approximate surface area is 149 Å². The Hall–Kier alpha value is -2.05. The summed E-state index contributed by atoms with van der Waals surface area (Å²) in [5, 5.41) is 7.86. The number of aryl methyl sites for hydroxylation is 1. The molecule has 0 spiro atoms. The van der Waals surface area contributed by atoms with Gasteiger partial charge in [0.2, 0.25) is 5.91 Å². The second-order valence-corrected chi connectivity index (χ2v) is 6.92. The number of nitrogens with one attached hydrogen (secondary N) is 1. The second-order valence-electron chi connectivity index (χ2n) is 5.15. The lowest BCUT2D eigenvalue weighted by atomic mass is 10.2. The van der Waals surface area contributed by atoms with Crippen molar-refractivity contribution in [3.8, 4) is 5.69 Å². The average molecular weight is 364 g/mol. The summed E-state index contributed by atoms with van der Waals surface area (Å²) in [5.41, 5.74) is 1.25. The van der Waals surface area contributed by atoms with E-state index in [-0.39, 0.29) is 16.7 Å². The number of aromatic nitrogens is 2. The molecule has 2 rings (SSSR count). The molecule has 0 aliphatic heterocycles. The molecule has 24 heavy (non-hydrogen) atoms. The van der Waals surface area contributed by atoms with Crippen molar-refractivity contribution in [3.05, 3.63) is 63.9 Å². The number of thioether (sulfide) groups is 1. The summed E-state index contributed by atoms with van der Waals surface area (Å²) in [7, 11) is 0. The predicted octanol–water partition coefficient (Wildman–Crippen LogP) is 2.98. The monoisotopic (exact) mass is 363 g/mol. The third kappa shape index (κ3) is 4.49. The van der Waals surface area contributed by atoms with E-state index < -0.39 is 0 Å². The van der Waals surface area contributed by atoms with Crippen molar-refractivity contribution in [2.24, 2.45) is 0 Å². The highest BCUT2D eigenvalue weighted by atomic mass is 35.5. The highest BCUT2D eigenvalue weighted by molar-refractivity contribution is 8.00. The fraction of sp³-hybridized carbons (Fsp3) is 0.235. The molecule has 0 radical (unpaired) electrons. The third-order valence-electron chi connectivity index (χ3n) is 3.26. The predicted molar refractivity (Wildman–Crippen MR) is 98.1 cm³/mol. The van der Waals surface area contributed by atoms with Gasteiger partial charge in [0.1, 0.15) is 5.03 Å². The van der Waals surface area contributed by atoms with Crippen molar-refractivity contribution in [1.29, 1.82) is 0 Å².